The van der Waals surface area contributed by atoms with E-state index < -0.39 is 0 Å². The van der Waals surface area contributed by atoms with E-state index >= 15 is 0 Å². The Bertz CT molecular complexity index is 688. The zero-order valence-electron chi connectivity index (χ0n) is 12.5. The molecule has 104 valence electrons. The molecule has 0 bridgehead atoms. The third kappa shape index (κ3) is 2.67. The monoisotopic (exact) mass is 267 g/mol. The first kappa shape index (κ1) is 14.1. The average molecular weight is 267 g/mol. The van der Waals surface area contributed by atoms with Crippen molar-refractivity contribution in [1.82, 2.24) is 9.55 Å². The fourth-order valence-electron chi connectivity index (χ4n) is 2.21. The second-order valence-electron chi connectivity index (χ2n) is 4.68. The Kier molecular flexibility index (Phi) is 4.41. The first-order chi connectivity index (χ1) is 9.69. The van der Waals surface area contributed by atoms with Crippen molar-refractivity contribution in [3.63, 3.8) is 0 Å². The molecule has 2 rings (SSSR count). The van der Waals surface area contributed by atoms with Gasteiger partial charge in [0.15, 0.2) is 0 Å². The zero-order chi connectivity index (χ0) is 14.5. The van der Waals surface area contributed by atoms with Gasteiger partial charge in [0.2, 0.25) is 5.95 Å². The van der Waals surface area contributed by atoms with Gasteiger partial charge in [0.25, 0.3) is 0 Å². The minimum atomic E-state index is 0.863. The number of fused-ring (bicyclic) bond motifs is 1. The van der Waals surface area contributed by atoms with Crippen LogP contribution in [-0.4, -0.2) is 16.6 Å². The van der Waals surface area contributed by atoms with Gasteiger partial charge in [-0.3, -0.25) is 4.57 Å². The van der Waals surface area contributed by atoms with Crippen LogP contribution in [0.5, 0.6) is 0 Å². The summed E-state index contributed by atoms with van der Waals surface area (Å²) in [5.41, 5.74) is 4.49. The van der Waals surface area contributed by atoms with Crippen molar-refractivity contribution in [2.45, 2.75) is 20.8 Å². The smallest absolute Gasteiger partial charge is 0.208 e. The van der Waals surface area contributed by atoms with Gasteiger partial charge >= 0.3 is 0 Å². The molecule has 1 heterocycles. The van der Waals surface area contributed by atoms with Gasteiger partial charge in [-0.25, -0.2) is 4.98 Å². The number of hydrogen-bond donors (Lipinski definition) is 1. The molecule has 3 nitrogen and oxygen atoms in total. The molecule has 1 aromatic heterocycles. The maximum absolute atomic E-state index is 4.67. The minimum absolute atomic E-state index is 0.863. The molecule has 0 unspecified atom stereocenters. The highest BCUT2D eigenvalue weighted by molar-refractivity contribution is 5.85. The van der Waals surface area contributed by atoms with E-state index in [9.17, 15) is 0 Å². The Hall–Kier alpha value is -2.29. The van der Waals surface area contributed by atoms with Gasteiger partial charge < -0.3 is 5.32 Å². The number of para-hydroxylation sites is 1. The van der Waals surface area contributed by atoms with E-state index in [1.807, 2.05) is 38.3 Å². The summed E-state index contributed by atoms with van der Waals surface area (Å²) in [7, 11) is 1.90. The molecule has 0 fully saturated rings. The predicted octanol–water partition coefficient (Wildman–Crippen LogP) is 4.38. The first-order valence-electron chi connectivity index (χ1n) is 6.81. The number of imidazole rings is 1. The molecular weight excluding hydrogens is 246 g/mol. The Morgan fingerprint density at radius 2 is 2.05 bits per heavy atom. The van der Waals surface area contributed by atoms with Crippen molar-refractivity contribution in [3.05, 3.63) is 54.1 Å². The Morgan fingerprint density at radius 3 is 2.75 bits per heavy atom. The number of nitrogens with zero attached hydrogens (tertiary/aromatic N) is 2. The standard InChI is InChI=1S/C17H21N3/c1-5-6-7-8-11-14(3)20-15-12-9-10-13(2)16(15)19-17(20)18-4/h5-12H,1-4H3,(H,18,19)/b6-5-,8-7-,14-11+. The van der Waals surface area contributed by atoms with Crippen LogP contribution in [-0.2, 0) is 0 Å². The van der Waals surface area contributed by atoms with E-state index in [1.54, 1.807) is 0 Å². The Balaban J connectivity index is 2.55. The summed E-state index contributed by atoms with van der Waals surface area (Å²) < 4.78 is 2.14. The molecule has 0 saturated heterocycles. The summed E-state index contributed by atoms with van der Waals surface area (Å²) >= 11 is 0. The molecular formula is C17H21N3. The second kappa shape index (κ2) is 6.24. The summed E-state index contributed by atoms with van der Waals surface area (Å²) in [6.07, 6.45) is 10.2. The van der Waals surface area contributed by atoms with Crippen LogP contribution in [0.1, 0.15) is 19.4 Å². The van der Waals surface area contributed by atoms with Gasteiger partial charge in [-0.1, -0.05) is 36.4 Å². The minimum Gasteiger partial charge on any atom is -0.358 e. The van der Waals surface area contributed by atoms with Crippen molar-refractivity contribution in [1.29, 1.82) is 0 Å². The van der Waals surface area contributed by atoms with E-state index in [0.717, 1.165) is 22.7 Å². The van der Waals surface area contributed by atoms with Gasteiger partial charge in [-0.05, 0) is 38.5 Å². The van der Waals surface area contributed by atoms with Crippen LogP contribution in [0.4, 0.5) is 5.95 Å². The zero-order valence-corrected chi connectivity index (χ0v) is 12.5. The Labute approximate surface area is 120 Å². The molecule has 1 aromatic carbocycles. The molecule has 0 aliphatic rings. The van der Waals surface area contributed by atoms with Crippen LogP contribution in [0, 0.1) is 6.92 Å². The van der Waals surface area contributed by atoms with E-state index in [4.69, 9.17) is 0 Å². The normalized spacial score (nSPS) is 12.9. The molecule has 0 aliphatic heterocycles. The molecule has 1 N–H and O–H groups in total. The lowest BCUT2D eigenvalue weighted by Crippen LogP contribution is -2.00. The summed E-state index contributed by atoms with van der Waals surface area (Å²) in [6, 6.07) is 6.26. The van der Waals surface area contributed by atoms with Crippen LogP contribution in [0.25, 0.3) is 16.7 Å². The molecule has 0 amide bonds. The number of aryl methyl sites for hydroxylation is 1. The maximum atomic E-state index is 4.67. The molecule has 0 spiro atoms. The molecule has 0 aliphatic carbocycles. The molecule has 20 heavy (non-hydrogen) atoms. The lowest BCUT2D eigenvalue weighted by atomic mass is 10.2. The number of nitrogens with one attached hydrogen (secondary N) is 1. The van der Waals surface area contributed by atoms with E-state index in [2.05, 4.69) is 53.0 Å². The van der Waals surface area contributed by atoms with Crippen LogP contribution in [0.3, 0.4) is 0 Å². The number of benzene rings is 1. The topological polar surface area (TPSA) is 29.9 Å². The van der Waals surface area contributed by atoms with E-state index in [1.165, 1.54) is 5.56 Å². The third-order valence-corrected chi connectivity index (χ3v) is 3.22. The first-order valence-corrected chi connectivity index (χ1v) is 6.81. The molecule has 0 saturated carbocycles. The summed E-state index contributed by atoms with van der Waals surface area (Å²) in [6.45, 7) is 6.18. The van der Waals surface area contributed by atoms with Crippen LogP contribution in [0.15, 0.2) is 48.6 Å². The number of rotatable bonds is 4. The summed E-state index contributed by atoms with van der Waals surface area (Å²) in [5.74, 6) is 0.863. The Morgan fingerprint density at radius 1 is 1.25 bits per heavy atom. The van der Waals surface area contributed by atoms with Crippen LogP contribution >= 0.6 is 0 Å². The van der Waals surface area contributed by atoms with Gasteiger partial charge in [-0.15, -0.1) is 0 Å². The fourth-order valence-corrected chi connectivity index (χ4v) is 2.21. The summed E-state index contributed by atoms with van der Waals surface area (Å²) in [5, 5.41) is 3.17. The molecule has 2 aromatic rings. The molecule has 0 atom stereocenters. The van der Waals surface area contributed by atoms with Gasteiger partial charge in [0, 0.05) is 12.7 Å². The molecule has 3 heteroatoms. The second-order valence-corrected chi connectivity index (χ2v) is 4.68. The van der Waals surface area contributed by atoms with Crippen molar-refractivity contribution in [2.75, 3.05) is 12.4 Å². The maximum Gasteiger partial charge on any atom is 0.208 e. The number of aromatic nitrogens is 2. The van der Waals surface area contributed by atoms with Crippen LogP contribution < -0.4 is 5.32 Å². The summed E-state index contributed by atoms with van der Waals surface area (Å²) in [4.78, 5) is 4.67. The van der Waals surface area contributed by atoms with E-state index in [0.29, 0.717) is 0 Å². The van der Waals surface area contributed by atoms with Gasteiger partial charge in [-0.2, -0.15) is 0 Å². The fraction of sp³-hybridized carbons (Fsp3) is 0.235. The highest BCUT2D eigenvalue weighted by Crippen LogP contribution is 2.25. The largest absolute Gasteiger partial charge is 0.358 e. The van der Waals surface area contributed by atoms with Gasteiger partial charge in [0.1, 0.15) is 0 Å². The molecule has 0 radical (unpaired) electrons. The highest BCUT2D eigenvalue weighted by atomic mass is 15.2. The van der Waals surface area contributed by atoms with Crippen molar-refractivity contribution < 1.29 is 0 Å². The number of hydrogen-bond acceptors (Lipinski definition) is 2. The number of allylic oxidation sites excluding steroid dienone is 6. The van der Waals surface area contributed by atoms with Gasteiger partial charge in [0.05, 0.1) is 11.0 Å². The van der Waals surface area contributed by atoms with Crippen molar-refractivity contribution >= 4 is 22.7 Å². The quantitative estimate of drug-likeness (QED) is 0.833. The lowest BCUT2D eigenvalue weighted by molar-refractivity contribution is 1.10. The van der Waals surface area contributed by atoms with Crippen molar-refractivity contribution in [3.8, 4) is 0 Å². The predicted molar refractivity (Wildman–Crippen MR) is 87.9 cm³/mol. The number of anilines is 1. The third-order valence-electron chi connectivity index (χ3n) is 3.22. The average Bonchev–Trinajstić information content (AvgIpc) is 2.83. The SMILES string of the molecule is C\C=C/C=C\C=C(/C)n1c(NC)nc2c(C)cccc21. The van der Waals surface area contributed by atoms with Crippen molar-refractivity contribution in [2.24, 2.45) is 0 Å². The van der Waals surface area contributed by atoms with Crippen LogP contribution in [0.2, 0.25) is 0 Å². The van der Waals surface area contributed by atoms with E-state index in [-0.39, 0.29) is 0 Å². The highest BCUT2D eigenvalue weighted by Gasteiger charge is 2.11. The lowest BCUT2D eigenvalue weighted by Gasteiger charge is -2.08.